The zero-order chi connectivity index (χ0) is 19.4. The van der Waals surface area contributed by atoms with Gasteiger partial charge in [0.05, 0.1) is 6.10 Å². The van der Waals surface area contributed by atoms with Gasteiger partial charge in [-0.05, 0) is 50.6 Å². The average molecular weight is 359 g/mol. The second-order valence-corrected chi connectivity index (χ2v) is 5.91. The van der Waals surface area contributed by atoms with Gasteiger partial charge in [-0.1, -0.05) is 0 Å². The summed E-state index contributed by atoms with van der Waals surface area (Å²) in [6.07, 6.45) is -0.723. The van der Waals surface area contributed by atoms with E-state index in [0.717, 1.165) is 0 Å². The molecule has 5 N–H and O–H groups in total. The zero-order valence-electron chi connectivity index (χ0n) is 14.8. The molecule has 0 radical (unpaired) electrons. The summed E-state index contributed by atoms with van der Waals surface area (Å²) >= 11 is 0. The van der Waals surface area contributed by atoms with Gasteiger partial charge in [0, 0.05) is 22.5 Å². The van der Waals surface area contributed by atoms with E-state index in [2.05, 4.69) is 10.3 Å². The van der Waals surface area contributed by atoms with Gasteiger partial charge in [0.15, 0.2) is 6.61 Å². The summed E-state index contributed by atoms with van der Waals surface area (Å²) in [6.45, 7) is 4.57. The molecule has 26 heavy (non-hydrogen) atoms. The van der Waals surface area contributed by atoms with Crippen LogP contribution in [0.25, 0.3) is 0 Å². The van der Waals surface area contributed by atoms with Crippen molar-refractivity contribution in [3.8, 4) is 0 Å². The maximum atomic E-state index is 12.2. The third-order valence-electron chi connectivity index (χ3n) is 3.90. The first-order valence-corrected chi connectivity index (χ1v) is 7.94. The lowest BCUT2D eigenvalue weighted by molar-refractivity contribution is -0.119. The summed E-state index contributed by atoms with van der Waals surface area (Å²) < 4.78 is 5.01. The molecule has 8 heteroatoms. The number of benzene rings is 1. The molecule has 1 aromatic heterocycles. The molecule has 2 aromatic rings. The van der Waals surface area contributed by atoms with Crippen molar-refractivity contribution in [3.63, 3.8) is 0 Å². The SMILES string of the molecule is Cc1[nH]c(C(=O)OCC(=O)Nc2ccc(C(N)=O)cc2)c(C)c1[C@@H](C)O. The van der Waals surface area contributed by atoms with E-state index in [4.69, 9.17) is 10.5 Å². The lowest BCUT2D eigenvalue weighted by atomic mass is 10.1. The Balaban J connectivity index is 1.96. The van der Waals surface area contributed by atoms with Crippen molar-refractivity contribution in [1.29, 1.82) is 0 Å². The van der Waals surface area contributed by atoms with E-state index in [0.29, 0.717) is 28.1 Å². The molecular weight excluding hydrogens is 338 g/mol. The summed E-state index contributed by atoms with van der Waals surface area (Å²) in [6, 6.07) is 6.00. The number of primary amides is 1. The number of aromatic amines is 1. The second kappa shape index (κ2) is 7.83. The maximum Gasteiger partial charge on any atom is 0.355 e. The van der Waals surface area contributed by atoms with Gasteiger partial charge < -0.3 is 25.9 Å². The van der Waals surface area contributed by atoms with Gasteiger partial charge in [0.1, 0.15) is 5.69 Å². The van der Waals surface area contributed by atoms with Crippen molar-refractivity contribution in [3.05, 3.63) is 52.3 Å². The molecule has 138 valence electrons. The van der Waals surface area contributed by atoms with Crippen LogP contribution in [0.15, 0.2) is 24.3 Å². The Hall–Kier alpha value is -3.13. The molecule has 0 spiro atoms. The number of carbonyl (C=O) groups excluding carboxylic acids is 3. The molecule has 0 aliphatic carbocycles. The molecule has 0 fully saturated rings. The predicted octanol–water partition coefficient (Wildman–Crippen LogP) is 1.58. The second-order valence-electron chi connectivity index (χ2n) is 5.91. The van der Waals surface area contributed by atoms with Crippen molar-refractivity contribution >= 4 is 23.5 Å². The van der Waals surface area contributed by atoms with Gasteiger partial charge >= 0.3 is 5.97 Å². The number of carbonyl (C=O) groups is 3. The number of nitrogens with one attached hydrogen (secondary N) is 2. The molecule has 2 rings (SSSR count). The predicted molar refractivity (Wildman–Crippen MR) is 94.8 cm³/mol. The number of anilines is 1. The average Bonchev–Trinajstić information content (AvgIpc) is 2.87. The minimum Gasteiger partial charge on any atom is -0.451 e. The zero-order valence-corrected chi connectivity index (χ0v) is 14.8. The van der Waals surface area contributed by atoms with Gasteiger partial charge in [-0.3, -0.25) is 9.59 Å². The number of aryl methyl sites for hydroxylation is 1. The minimum absolute atomic E-state index is 0.206. The monoisotopic (exact) mass is 359 g/mol. The third-order valence-corrected chi connectivity index (χ3v) is 3.90. The van der Waals surface area contributed by atoms with Crippen LogP contribution < -0.4 is 11.1 Å². The number of esters is 1. The van der Waals surface area contributed by atoms with Gasteiger partial charge in [0.25, 0.3) is 5.91 Å². The Bertz CT molecular complexity index is 837. The summed E-state index contributed by atoms with van der Waals surface area (Å²) in [5, 5.41) is 12.3. The molecule has 2 amide bonds. The van der Waals surface area contributed by atoms with Crippen LogP contribution in [0.5, 0.6) is 0 Å². The molecule has 8 nitrogen and oxygen atoms in total. The van der Waals surface area contributed by atoms with Crippen LogP contribution >= 0.6 is 0 Å². The van der Waals surface area contributed by atoms with Crippen LogP contribution in [0.2, 0.25) is 0 Å². The van der Waals surface area contributed by atoms with Crippen molar-refractivity contribution in [2.24, 2.45) is 5.73 Å². The first-order valence-electron chi connectivity index (χ1n) is 7.94. The van der Waals surface area contributed by atoms with Crippen molar-refractivity contribution in [2.75, 3.05) is 11.9 Å². The first-order chi connectivity index (χ1) is 12.2. The first kappa shape index (κ1) is 19.2. The van der Waals surface area contributed by atoms with Crippen LogP contribution in [-0.2, 0) is 9.53 Å². The highest BCUT2D eigenvalue weighted by atomic mass is 16.5. The highest BCUT2D eigenvalue weighted by molar-refractivity contribution is 5.96. The fraction of sp³-hybridized carbons (Fsp3) is 0.278. The topological polar surface area (TPSA) is 135 Å². The van der Waals surface area contributed by atoms with Crippen LogP contribution in [0, 0.1) is 13.8 Å². The van der Waals surface area contributed by atoms with E-state index in [9.17, 15) is 19.5 Å². The van der Waals surface area contributed by atoms with Crippen LogP contribution in [0.1, 0.15) is 50.7 Å². The Morgan fingerprint density at radius 1 is 1.23 bits per heavy atom. The number of hydrogen-bond donors (Lipinski definition) is 4. The van der Waals surface area contributed by atoms with Crippen molar-refractivity contribution in [2.45, 2.75) is 26.9 Å². The van der Waals surface area contributed by atoms with Crippen LogP contribution in [-0.4, -0.2) is 34.5 Å². The largest absolute Gasteiger partial charge is 0.451 e. The molecule has 1 heterocycles. The summed E-state index contributed by atoms with van der Waals surface area (Å²) in [5.74, 6) is -1.77. The van der Waals surface area contributed by atoms with E-state index in [1.807, 2.05) is 0 Å². The van der Waals surface area contributed by atoms with Gasteiger partial charge in [-0.2, -0.15) is 0 Å². The minimum atomic E-state index is -0.723. The molecule has 0 unspecified atom stereocenters. The molecule has 0 saturated carbocycles. The normalized spacial score (nSPS) is 11.7. The Kier molecular flexibility index (Phi) is 5.78. The summed E-state index contributed by atoms with van der Waals surface area (Å²) in [5.41, 5.74) is 8.00. The van der Waals surface area contributed by atoms with Crippen LogP contribution in [0.4, 0.5) is 5.69 Å². The number of nitrogens with two attached hydrogens (primary N) is 1. The highest BCUT2D eigenvalue weighted by Gasteiger charge is 2.21. The Morgan fingerprint density at radius 3 is 2.35 bits per heavy atom. The number of aromatic nitrogens is 1. The maximum absolute atomic E-state index is 12.2. The quantitative estimate of drug-likeness (QED) is 0.581. The van der Waals surface area contributed by atoms with E-state index in [-0.39, 0.29) is 5.69 Å². The summed E-state index contributed by atoms with van der Waals surface area (Å²) in [4.78, 5) is 37.9. The van der Waals surface area contributed by atoms with Crippen LogP contribution in [0.3, 0.4) is 0 Å². The molecule has 0 aliphatic heterocycles. The fourth-order valence-corrected chi connectivity index (χ4v) is 2.71. The standard InChI is InChI=1S/C18H21N3O5/c1-9-15(11(3)22)10(2)20-16(9)18(25)26-8-14(23)21-13-6-4-12(5-7-13)17(19)24/h4-7,11,20,22H,8H2,1-3H3,(H2,19,24)(H,21,23)/t11-/m1/s1. The van der Waals surface area contributed by atoms with Gasteiger partial charge in [-0.25, -0.2) is 4.79 Å². The van der Waals surface area contributed by atoms with E-state index in [1.165, 1.54) is 24.3 Å². The molecule has 1 aromatic carbocycles. The Morgan fingerprint density at radius 2 is 1.85 bits per heavy atom. The molecule has 0 aliphatic rings. The number of H-pyrrole nitrogens is 1. The highest BCUT2D eigenvalue weighted by Crippen LogP contribution is 2.24. The van der Waals surface area contributed by atoms with Gasteiger partial charge in [0.2, 0.25) is 5.91 Å². The molecular formula is C18H21N3O5. The Labute approximate surface area is 150 Å². The van der Waals surface area contributed by atoms with Gasteiger partial charge in [-0.15, -0.1) is 0 Å². The number of amides is 2. The lowest BCUT2D eigenvalue weighted by Crippen LogP contribution is -2.21. The van der Waals surface area contributed by atoms with E-state index in [1.54, 1.807) is 20.8 Å². The summed E-state index contributed by atoms with van der Waals surface area (Å²) in [7, 11) is 0. The number of ether oxygens (including phenoxy) is 1. The van der Waals surface area contributed by atoms with Crippen molar-refractivity contribution < 1.29 is 24.2 Å². The molecule has 0 bridgehead atoms. The number of rotatable bonds is 6. The molecule has 1 atom stereocenters. The fourth-order valence-electron chi connectivity index (χ4n) is 2.71. The van der Waals surface area contributed by atoms with E-state index < -0.39 is 30.5 Å². The third kappa shape index (κ3) is 4.28. The number of aliphatic hydroxyl groups excluding tert-OH is 1. The smallest absolute Gasteiger partial charge is 0.355 e. The lowest BCUT2D eigenvalue weighted by Gasteiger charge is -2.07. The molecule has 0 saturated heterocycles. The van der Waals surface area contributed by atoms with Crippen molar-refractivity contribution in [1.82, 2.24) is 4.98 Å². The number of hydrogen-bond acceptors (Lipinski definition) is 5. The number of aliphatic hydroxyl groups is 1. The van der Waals surface area contributed by atoms with E-state index >= 15 is 0 Å².